The van der Waals surface area contributed by atoms with Crippen molar-refractivity contribution in [2.24, 2.45) is 0 Å². The number of hydrogen-bond donors (Lipinski definition) is 1. The number of carbonyl (C=O) groups is 1. The fraction of sp³-hybridized carbons (Fsp3) is 0.200. The van der Waals surface area contributed by atoms with Gasteiger partial charge in [0, 0.05) is 19.5 Å². The van der Waals surface area contributed by atoms with E-state index >= 15 is 0 Å². The molecule has 0 fully saturated rings. The first-order chi connectivity index (χ1) is 11.1. The van der Waals surface area contributed by atoms with Gasteiger partial charge in [-0.1, -0.05) is 23.4 Å². The molecule has 0 radical (unpaired) electrons. The smallest absolute Gasteiger partial charge is 0.273 e. The highest BCUT2D eigenvalue weighted by Gasteiger charge is 2.12. The highest BCUT2D eigenvalue weighted by molar-refractivity contribution is 7.13. The van der Waals surface area contributed by atoms with Crippen LogP contribution in [0.2, 0.25) is 0 Å². The zero-order valence-electron chi connectivity index (χ0n) is 12.8. The monoisotopic (exact) mass is 328 g/mol. The van der Waals surface area contributed by atoms with Gasteiger partial charge < -0.3 is 10.2 Å². The van der Waals surface area contributed by atoms with Gasteiger partial charge in [-0.3, -0.25) is 4.79 Å². The number of nitrogens with zero attached hydrogens (tertiary/aromatic N) is 5. The third kappa shape index (κ3) is 3.54. The number of para-hydroxylation sites is 1. The maximum absolute atomic E-state index is 12.1. The van der Waals surface area contributed by atoms with Crippen molar-refractivity contribution in [2.45, 2.75) is 6.54 Å². The van der Waals surface area contributed by atoms with Crippen LogP contribution in [0.1, 0.15) is 16.2 Å². The number of hydrogen-bond acceptors (Lipinski definition) is 6. The largest absolute Gasteiger partial charge is 0.354 e. The van der Waals surface area contributed by atoms with Crippen molar-refractivity contribution in [1.82, 2.24) is 25.3 Å². The van der Waals surface area contributed by atoms with Gasteiger partial charge in [-0.15, -0.1) is 16.4 Å². The molecule has 23 heavy (non-hydrogen) atoms. The van der Waals surface area contributed by atoms with E-state index in [9.17, 15) is 4.79 Å². The SMILES string of the molecule is CN(C)c1nc(CNC(=O)c2cn(-c3ccccc3)nn2)cs1. The molecule has 1 aromatic carbocycles. The van der Waals surface area contributed by atoms with Gasteiger partial charge in [0.25, 0.3) is 5.91 Å². The van der Waals surface area contributed by atoms with E-state index in [1.807, 2.05) is 54.7 Å². The molecule has 0 aliphatic heterocycles. The lowest BCUT2D eigenvalue weighted by atomic mass is 10.3. The van der Waals surface area contributed by atoms with Crippen molar-refractivity contribution < 1.29 is 4.79 Å². The summed E-state index contributed by atoms with van der Waals surface area (Å²) < 4.78 is 1.57. The van der Waals surface area contributed by atoms with Gasteiger partial charge in [-0.2, -0.15) is 0 Å². The van der Waals surface area contributed by atoms with Crippen LogP contribution < -0.4 is 10.2 Å². The molecule has 2 aromatic heterocycles. The summed E-state index contributed by atoms with van der Waals surface area (Å²) in [5.74, 6) is -0.272. The molecule has 0 spiro atoms. The minimum Gasteiger partial charge on any atom is -0.354 e. The van der Waals surface area contributed by atoms with E-state index in [2.05, 4.69) is 20.6 Å². The third-order valence-corrected chi connectivity index (χ3v) is 4.16. The molecule has 0 saturated carbocycles. The Hall–Kier alpha value is -2.74. The summed E-state index contributed by atoms with van der Waals surface area (Å²) in [5.41, 5.74) is 1.95. The highest BCUT2D eigenvalue weighted by Crippen LogP contribution is 2.17. The van der Waals surface area contributed by atoms with Crippen LogP contribution >= 0.6 is 11.3 Å². The Bertz CT molecular complexity index is 795. The number of anilines is 1. The molecule has 3 aromatic rings. The normalized spacial score (nSPS) is 10.5. The Kier molecular flexibility index (Phi) is 4.33. The lowest BCUT2D eigenvalue weighted by Crippen LogP contribution is -2.23. The summed E-state index contributed by atoms with van der Waals surface area (Å²) in [4.78, 5) is 18.5. The highest BCUT2D eigenvalue weighted by atomic mass is 32.1. The van der Waals surface area contributed by atoms with Gasteiger partial charge in [0.1, 0.15) is 0 Å². The molecule has 1 amide bonds. The first-order valence-electron chi connectivity index (χ1n) is 7.01. The molecule has 0 saturated heterocycles. The van der Waals surface area contributed by atoms with Crippen molar-refractivity contribution in [2.75, 3.05) is 19.0 Å². The zero-order valence-corrected chi connectivity index (χ0v) is 13.6. The van der Waals surface area contributed by atoms with Crippen LogP contribution in [0.15, 0.2) is 41.9 Å². The average Bonchev–Trinajstić information content (AvgIpc) is 3.23. The van der Waals surface area contributed by atoms with Gasteiger partial charge in [-0.05, 0) is 12.1 Å². The van der Waals surface area contributed by atoms with Gasteiger partial charge in [0.05, 0.1) is 24.1 Å². The first-order valence-corrected chi connectivity index (χ1v) is 7.89. The average molecular weight is 328 g/mol. The Morgan fingerprint density at radius 1 is 1.30 bits per heavy atom. The summed E-state index contributed by atoms with van der Waals surface area (Å²) in [6, 6.07) is 9.52. The van der Waals surface area contributed by atoms with Crippen LogP contribution in [-0.4, -0.2) is 40.0 Å². The molecule has 0 unspecified atom stereocenters. The number of benzene rings is 1. The van der Waals surface area contributed by atoms with Crippen LogP contribution in [-0.2, 0) is 6.54 Å². The fourth-order valence-corrected chi connectivity index (χ4v) is 2.68. The number of thiazole rings is 1. The van der Waals surface area contributed by atoms with Crippen LogP contribution in [0.4, 0.5) is 5.13 Å². The van der Waals surface area contributed by atoms with E-state index in [-0.39, 0.29) is 11.6 Å². The standard InChI is InChI=1S/C15H16N6OS/c1-20(2)15-17-11(10-23-15)8-16-14(22)13-9-21(19-18-13)12-6-4-3-5-7-12/h3-7,9-10H,8H2,1-2H3,(H,16,22). The van der Waals surface area contributed by atoms with E-state index in [0.29, 0.717) is 6.54 Å². The molecular weight excluding hydrogens is 312 g/mol. The van der Waals surface area contributed by atoms with Crippen molar-refractivity contribution in [3.05, 3.63) is 53.3 Å². The van der Waals surface area contributed by atoms with E-state index < -0.39 is 0 Å². The molecule has 3 rings (SSSR count). The Balaban J connectivity index is 1.63. The van der Waals surface area contributed by atoms with Crippen molar-refractivity contribution >= 4 is 22.4 Å². The summed E-state index contributed by atoms with van der Waals surface area (Å²) >= 11 is 1.54. The predicted octanol–water partition coefficient (Wildman–Crippen LogP) is 1.72. The van der Waals surface area contributed by atoms with E-state index in [0.717, 1.165) is 16.5 Å². The number of rotatable bonds is 5. The maximum Gasteiger partial charge on any atom is 0.273 e. The molecule has 2 heterocycles. The second-order valence-electron chi connectivity index (χ2n) is 5.08. The quantitative estimate of drug-likeness (QED) is 0.772. The Labute approximate surface area is 137 Å². The van der Waals surface area contributed by atoms with Gasteiger partial charge in [0.2, 0.25) is 0 Å². The molecule has 1 N–H and O–H groups in total. The van der Waals surface area contributed by atoms with Crippen LogP contribution in [0.5, 0.6) is 0 Å². The summed E-state index contributed by atoms with van der Waals surface area (Å²) in [7, 11) is 3.87. The number of amides is 1. The number of carbonyl (C=O) groups excluding carboxylic acids is 1. The van der Waals surface area contributed by atoms with E-state index in [1.54, 1.807) is 10.9 Å². The molecule has 0 aliphatic carbocycles. The summed E-state index contributed by atoms with van der Waals surface area (Å²) in [5, 5.41) is 13.5. The third-order valence-electron chi connectivity index (χ3n) is 3.10. The Morgan fingerprint density at radius 2 is 2.09 bits per heavy atom. The van der Waals surface area contributed by atoms with Gasteiger partial charge in [-0.25, -0.2) is 9.67 Å². The zero-order chi connectivity index (χ0) is 16.2. The molecule has 0 bridgehead atoms. The minimum absolute atomic E-state index is 0.272. The number of nitrogens with one attached hydrogen (secondary N) is 1. The molecule has 7 nitrogen and oxygen atoms in total. The predicted molar refractivity (Wildman–Crippen MR) is 89.0 cm³/mol. The van der Waals surface area contributed by atoms with Gasteiger partial charge >= 0.3 is 0 Å². The molecular formula is C15H16N6OS. The lowest BCUT2D eigenvalue weighted by Gasteiger charge is -2.05. The summed E-state index contributed by atoms with van der Waals surface area (Å²) in [6.45, 7) is 0.362. The topological polar surface area (TPSA) is 75.9 Å². The van der Waals surface area contributed by atoms with E-state index in [1.165, 1.54) is 11.3 Å². The molecule has 118 valence electrons. The van der Waals surface area contributed by atoms with Crippen LogP contribution in [0.3, 0.4) is 0 Å². The van der Waals surface area contributed by atoms with Gasteiger partial charge in [0.15, 0.2) is 10.8 Å². The fourth-order valence-electron chi connectivity index (χ4n) is 1.92. The van der Waals surface area contributed by atoms with Crippen LogP contribution in [0, 0.1) is 0 Å². The second-order valence-corrected chi connectivity index (χ2v) is 5.92. The molecule has 8 heteroatoms. The first kappa shape index (κ1) is 15.2. The maximum atomic E-state index is 12.1. The van der Waals surface area contributed by atoms with E-state index in [4.69, 9.17) is 0 Å². The number of aromatic nitrogens is 4. The van der Waals surface area contributed by atoms with Crippen molar-refractivity contribution in [3.8, 4) is 5.69 Å². The minimum atomic E-state index is -0.272. The lowest BCUT2D eigenvalue weighted by molar-refractivity contribution is 0.0945. The van der Waals surface area contributed by atoms with Crippen LogP contribution in [0.25, 0.3) is 5.69 Å². The molecule has 0 atom stereocenters. The summed E-state index contributed by atoms with van der Waals surface area (Å²) in [6.07, 6.45) is 1.61. The Morgan fingerprint density at radius 3 is 2.78 bits per heavy atom. The molecule has 0 aliphatic rings. The van der Waals surface area contributed by atoms with Crippen molar-refractivity contribution in [1.29, 1.82) is 0 Å². The van der Waals surface area contributed by atoms with Crippen molar-refractivity contribution in [3.63, 3.8) is 0 Å². The second kappa shape index (κ2) is 6.57.